The van der Waals surface area contributed by atoms with Crippen LogP contribution in [-0.4, -0.2) is 19.6 Å². The van der Waals surface area contributed by atoms with Gasteiger partial charge in [0.15, 0.2) is 30.4 Å². The molecule has 3 rings (SSSR count). The second-order valence-corrected chi connectivity index (χ2v) is 11.6. The third-order valence-corrected chi connectivity index (χ3v) is 7.99. The number of nitrogens with zero attached hydrogens (tertiary/aromatic N) is 1. The van der Waals surface area contributed by atoms with Crippen LogP contribution in [0.2, 0.25) is 0 Å². The first-order chi connectivity index (χ1) is 20.5. The third kappa shape index (κ3) is 11.9. The average Bonchev–Trinajstić information content (AvgIpc) is 2.99. The summed E-state index contributed by atoms with van der Waals surface area (Å²) in [7, 11) is 1.65. The number of carbonyl (C=O) groups is 1. The van der Waals surface area contributed by atoms with Crippen LogP contribution >= 0.6 is 0 Å². The summed E-state index contributed by atoms with van der Waals surface area (Å²) in [5.41, 5.74) is 5.31. The number of methoxy groups -OCH3 is 1. The van der Waals surface area contributed by atoms with Gasteiger partial charge in [0.05, 0.1) is 25.8 Å². The van der Waals surface area contributed by atoms with E-state index in [4.69, 9.17) is 9.47 Å². The van der Waals surface area contributed by atoms with Crippen molar-refractivity contribution in [3.8, 4) is 11.5 Å². The lowest BCUT2D eigenvalue weighted by atomic mass is 10.1. The molecule has 1 heterocycles. The first kappa shape index (κ1) is 33.2. The van der Waals surface area contributed by atoms with Crippen LogP contribution < -0.4 is 19.4 Å². The molecule has 0 spiro atoms. The number of hydrogen-bond acceptors (Lipinski definition) is 3. The molecule has 0 saturated heterocycles. The van der Waals surface area contributed by atoms with E-state index >= 15 is 0 Å². The number of carbonyl (C=O) groups excluding carboxylic acids is 1. The van der Waals surface area contributed by atoms with Crippen LogP contribution in [0.25, 0.3) is 0 Å². The first-order valence-corrected chi connectivity index (χ1v) is 16.1. The van der Waals surface area contributed by atoms with Gasteiger partial charge in [0, 0.05) is 17.2 Å². The summed E-state index contributed by atoms with van der Waals surface area (Å²) >= 11 is 0. The molecule has 1 aromatic heterocycles. The minimum Gasteiger partial charge on any atom is -0.493 e. The quantitative estimate of drug-likeness (QED) is 0.108. The van der Waals surface area contributed by atoms with Gasteiger partial charge < -0.3 is 14.8 Å². The molecule has 42 heavy (non-hydrogen) atoms. The number of unbranched alkanes of at least 4 members (excludes halogenated alkanes) is 11. The highest BCUT2D eigenvalue weighted by molar-refractivity contribution is 5.93. The Bertz CT molecular complexity index is 1220. The zero-order chi connectivity index (χ0) is 30.0. The second kappa shape index (κ2) is 19.0. The van der Waals surface area contributed by atoms with Gasteiger partial charge in [-0.15, -0.1) is 0 Å². The fourth-order valence-corrected chi connectivity index (χ4v) is 5.25. The van der Waals surface area contributed by atoms with Crippen molar-refractivity contribution in [2.75, 3.05) is 19.0 Å². The van der Waals surface area contributed by atoms with E-state index in [-0.39, 0.29) is 12.3 Å². The van der Waals surface area contributed by atoms with Crippen molar-refractivity contribution in [2.45, 2.75) is 111 Å². The molecule has 0 aliphatic heterocycles. The predicted molar refractivity (Wildman–Crippen MR) is 174 cm³/mol. The first-order valence-electron chi connectivity index (χ1n) is 16.1. The molecule has 0 aliphatic carbocycles. The Kier molecular flexibility index (Phi) is 15.0. The fourth-order valence-electron chi connectivity index (χ4n) is 5.25. The maximum absolute atomic E-state index is 13.0. The fraction of sp³-hybridized carbons (Fsp3) is 0.514. The lowest BCUT2D eigenvalue weighted by molar-refractivity contribution is -0.688. The van der Waals surface area contributed by atoms with E-state index in [1.54, 1.807) is 7.11 Å². The van der Waals surface area contributed by atoms with Crippen molar-refractivity contribution in [3.63, 3.8) is 0 Å². The van der Waals surface area contributed by atoms with E-state index in [9.17, 15) is 4.79 Å². The number of hydrogen-bond donors (Lipinski definition) is 1. The Morgan fingerprint density at radius 1 is 0.786 bits per heavy atom. The Morgan fingerprint density at radius 2 is 1.45 bits per heavy atom. The summed E-state index contributed by atoms with van der Waals surface area (Å²) in [5, 5.41) is 3.11. The number of rotatable bonds is 20. The molecule has 0 unspecified atom stereocenters. The van der Waals surface area contributed by atoms with Crippen molar-refractivity contribution in [3.05, 3.63) is 83.2 Å². The molecule has 0 aliphatic rings. The molecule has 5 heteroatoms. The van der Waals surface area contributed by atoms with Gasteiger partial charge in [-0.1, -0.05) is 102 Å². The molecular formula is C37H53N2O3+. The van der Waals surface area contributed by atoms with E-state index < -0.39 is 0 Å². The number of aryl methyl sites for hydroxylation is 2. The van der Waals surface area contributed by atoms with Gasteiger partial charge in [-0.05, 0) is 49.6 Å². The maximum Gasteiger partial charge on any atom is 0.228 e. The summed E-state index contributed by atoms with van der Waals surface area (Å²) in [6, 6.07) is 15.9. The van der Waals surface area contributed by atoms with Crippen LogP contribution in [0.3, 0.4) is 0 Å². The summed E-state index contributed by atoms with van der Waals surface area (Å²) in [6.07, 6.45) is 20.4. The van der Waals surface area contributed by atoms with Crippen molar-refractivity contribution in [1.29, 1.82) is 0 Å². The van der Waals surface area contributed by atoms with Gasteiger partial charge in [0.1, 0.15) is 0 Å². The number of pyridine rings is 1. The number of benzene rings is 2. The van der Waals surface area contributed by atoms with Gasteiger partial charge in [-0.3, -0.25) is 4.79 Å². The average molecular weight is 574 g/mol. The SMILES string of the molecule is CCCCCCCCCCCCCCOc1ccc(CC(=O)Nc2ccccc2C[n+]2ccc(C)c(C)c2)cc1OC. The van der Waals surface area contributed by atoms with E-state index in [1.165, 1.54) is 81.8 Å². The molecule has 3 aromatic rings. The zero-order valence-electron chi connectivity index (χ0n) is 26.6. The molecule has 0 atom stereocenters. The molecule has 0 radical (unpaired) electrons. The van der Waals surface area contributed by atoms with Crippen LogP contribution in [0.1, 0.15) is 106 Å². The van der Waals surface area contributed by atoms with Crippen LogP contribution in [-0.2, 0) is 17.8 Å². The second-order valence-electron chi connectivity index (χ2n) is 11.6. The largest absolute Gasteiger partial charge is 0.493 e. The minimum atomic E-state index is -0.0558. The van der Waals surface area contributed by atoms with E-state index in [1.807, 2.05) is 36.4 Å². The normalized spacial score (nSPS) is 11.0. The molecule has 1 N–H and O–H groups in total. The van der Waals surface area contributed by atoms with Gasteiger partial charge in [0.25, 0.3) is 0 Å². The van der Waals surface area contributed by atoms with Crippen molar-refractivity contribution >= 4 is 11.6 Å². The number of amides is 1. The number of ether oxygens (including phenoxy) is 2. The summed E-state index contributed by atoms with van der Waals surface area (Å²) < 4.78 is 13.8. The monoisotopic (exact) mass is 573 g/mol. The van der Waals surface area contributed by atoms with Crippen LogP contribution in [0.5, 0.6) is 11.5 Å². The highest BCUT2D eigenvalue weighted by atomic mass is 16.5. The Labute approximate surface area is 254 Å². The van der Waals surface area contributed by atoms with E-state index in [2.05, 4.69) is 55.2 Å². The molecular weight excluding hydrogens is 520 g/mol. The van der Waals surface area contributed by atoms with Crippen molar-refractivity contribution in [1.82, 2.24) is 0 Å². The Hall–Kier alpha value is -3.34. The van der Waals surface area contributed by atoms with Gasteiger partial charge in [-0.2, -0.15) is 0 Å². The zero-order valence-corrected chi connectivity index (χ0v) is 26.6. The standard InChI is InChI=1S/C37H52N2O3/c1-5-6-7-8-9-10-11-12-13-14-15-18-25-42-35-22-21-32(26-36(35)41-4)27-37(40)38-34-20-17-16-19-33(34)29-39-24-23-30(2)31(3)28-39/h16-17,19-24,26,28H,5-15,18,25,27,29H2,1-4H3/p+1. The number of anilines is 1. The summed E-state index contributed by atoms with van der Waals surface area (Å²) in [6.45, 7) is 7.88. The lowest BCUT2D eigenvalue weighted by Gasteiger charge is -2.13. The number of para-hydroxylation sites is 1. The van der Waals surface area contributed by atoms with Crippen molar-refractivity contribution in [2.24, 2.45) is 0 Å². The molecule has 0 bridgehead atoms. The molecule has 5 nitrogen and oxygen atoms in total. The number of nitrogens with one attached hydrogen (secondary N) is 1. The minimum absolute atomic E-state index is 0.0558. The third-order valence-electron chi connectivity index (χ3n) is 7.99. The van der Waals surface area contributed by atoms with E-state index in [0.717, 1.165) is 29.0 Å². The highest BCUT2D eigenvalue weighted by Crippen LogP contribution is 2.29. The van der Waals surface area contributed by atoms with Gasteiger partial charge in [-0.25, -0.2) is 4.57 Å². The molecule has 0 saturated carbocycles. The summed E-state index contributed by atoms with van der Waals surface area (Å²) in [5.74, 6) is 1.35. The van der Waals surface area contributed by atoms with Crippen LogP contribution in [0.4, 0.5) is 5.69 Å². The Balaban J connectivity index is 1.39. The predicted octanol–water partition coefficient (Wildman–Crippen LogP) is 8.91. The van der Waals surface area contributed by atoms with E-state index in [0.29, 0.717) is 18.9 Å². The lowest BCUT2D eigenvalue weighted by Crippen LogP contribution is -2.34. The van der Waals surface area contributed by atoms with Crippen LogP contribution in [0.15, 0.2) is 60.9 Å². The smallest absolute Gasteiger partial charge is 0.228 e. The highest BCUT2D eigenvalue weighted by Gasteiger charge is 2.13. The van der Waals surface area contributed by atoms with Crippen molar-refractivity contribution < 1.29 is 18.8 Å². The molecule has 228 valence electrons. The molecule has 0 fully saturated rings. The van der Waals surface area contributed by atoms with Gasteiger partial charge in [0.2, 0.25) is 5.91 Å². The Morgan fingerprint density at radius 3 is 2.12 bits per heavy atom. The molecule has 1 amide bonds. The van der Waals surface area contributed by atoms with Gasteiger partial charge >= 0.3 is 0 Å². The molecule has 2 aromatic carbocycles. The topological polar surface area (TPSA) is 51.4 Å². The number of aromatic nitrogens is 1. The van der Waals surface area contributed by atoms with Crippen LogP contribution in [0, 0.1) is 13.8 Å². The summed E-state index contributed by atoms with van der Waals surface area (Å²) in [4.78, 5) is 13.0. The maximum atomic E-state index is 13.0.